The quantitative estimate of drug-likeness (QED) is 0.919. The molecule has 0 aliphatic heterocycles. The third-order valence-corrected chi connectivity index (χ3v) is 3.10. The molecule has 1 heterocycles. The number of nitrogens with zero attached hydrogens (tertiary/aromatic N) is 3. The average Bonchev–Trinajstić information content (AvgIpc) is 2.48. The Morgan fingerprint density at radius 3 is 2.85 bits per heavy atom. The second-order valence-corrected chi connectivity index (χ2v) is 4.49. The van der Waals surface area contributed by atoms with Crippen LogP contribution < -0.4 is 10.6 Å². The predicted molar refractivity (Wildman–Crippen MR) is 77.5 cm³/mol. The molecule has 0 saturated carbocycles. The fourth-order valence-corrected chi connectivity index (χ4v) is 1.95. The maximum Gasteiger partial charge on any atom is 0.259 e. The zero-order chi connectivity index (χ0) is 14.7. The van der Waals surface area contributed by atoms with Gasteiger partial charge in [0.15, 0.2) is 0 Å². The van der Waals surface area contributed by atoms with E-state index in [0.717, 1.165) is 0 Å². The molecule has 6 heteroatoms. The summed E-state index contributed by atoms with van der Waals surface area (Å²) in [5, 5.41) is 9.29. The Hall–Kier alpha value is -2.58. The van der Waals surface area contributed by atoms with Crippen LogP contribution in [0.5, 0.6) is 0 Å². The van der Waals surface area contributed by atoms with Crippen molar-refractivity contribution >= 4 is 29.0 Å². The van der Waals surface area contributed by atoms with E-state index in [9.17, 15) is 4.79 Å². The average molecular weight is 287 g/mol. The first-order chi connectivity index (χ1) is 9.54. The molecule has 0 aliphatic carbocycles. The molecule has 1 aromatic heterocycles. The Balaban J connectivity index is 2.43. The van der Waals surface area contributed by atoms with E-state index in [4.69, 9.17) is 22.6 Å². The van der Waals surface area contributed by atoms with E-state index in [1.807, 2.05) is 6.07 Å². The second kappa shape index (κ2) is 5.59. The number of rotatable bonds is 2. The minimum absolute atomic E-state index is 0.208. The van der Waals surface area contributed by atoms with Crippen LogP contribution in [0.2, 0.25) is 5.02 Å². The molecule has 1 aromatic carbocycles. The first-order valence-corrected chi connectivity index (χ1v) is 6.10. The number of pyridine rings is 1. The molecule has 100 valence electrons. The molecular weight excluding hydrogens is 276 g/mol. The number of carbonyl (C=O) groups excluding carboxylic acids is 1. The van der Waals surface area contributed by atoms with E-state index in [0.29, 0.717) is 11.3 Å². The third-order valence-electron chi connectivity index (χ3n) is 2.80. The summed E-state index contributed by atoms with van der Waals surface area (Å²) in [4.78, 5) is 17.6. The summed E-state index contributed by atoms with van der Waals surface area (Å²) in [5.74, 6) is -0.147. The topological polar surface area (TPSA) is 83.0 Å². The van der Waals surface area contributed by atoms with Crippen LogP contribution in [0.3, 0.4) is 0 Å². The molecule has 0 radical (unpaired) electrons. The molecular formula is C14H11ClN4O. The maximum atomic E-state index is 12.4. The Morgan fingerprint density at radius 1 is 1.45 bits per heavy atom. The standard InChI is InChI=1S/C14H11ClN4O/c1-19(12-5-3-2-4-9(12)7-16)14(20)10-6-13(17)18-8-11(10)15/h2-6,8H,1H3,(H2,17,18). The number of benzene rings is 1. The number of aromatic nitrogens is 1. The van der Waals surface area contributed by atoms with Crippen molar-refractivity contribution in [3.05, 3.63) is 52.7 Å². The highest BCUT2D eigenvalue weighted by atomic mass is 35.5. The molecule has 5 nitrogen and oxygen atoms in total. The van der Waals surface area contributed by atoms with Crippen LogP contribution in [-0.2, 0) is 0 Å². The summed E-state index contributed by atoms with van der Waals surface area (Å²) in [5.41, 5.74) is 6.72. The molecule has 0 spiro atoms. The van der Waals surface area contributed by atoms with Gasteiger partial charge in [0.2, 0.25) is 0 Å². The van der Waals surface area contributed by atoms with Crippen molar-refractivity contribution in [2.24, 2.45) is 0 Å². The van der Waals surface area contributed by atoms with Gasteiger partial charge >= 0.3 is 0 Å². The monoisotopic (exact) mass is 286 g/mol. The first-order valence-electron chi connectivity index (χ1n) is 5.72. The molecule has 0 bridgehead atoms. The van der Waals surface area contributed by atoms with E-state index in [-0.39, 0.29) is 22.3 Å². The van der Waals surface area contributed by atoms with E-state index >= 15 is 0 Å². The van der Waals surface area contributed by atoms with Gasteiger partial charge in [-0.2, -0.15) is 5.26 Å². The number of anilines is 2. The van der Waals surface area contributed by atoms with Gasteiger partial charge in [-0.15, -0.1) is 0 Å². The molecule has 2 N–H and O–H groups in total. The van der Waals surface area contributed by atoms with Crippen molar-refractivity contribution in [1.82, 2.24) is 4.98 Å². The molecule has 0 aliphatic rings. The van der Waals surface area contributed by atoms with Crippen molar-refractivity contribution in [3.8, 4) is 6.07 Å². The summed E-state index contributed by atoms with van der Waals surface area (Å²) < 4.78 is 0. The van der Waals surface area contributed by atoms with Gasteiger partial charge < -0.3 is 10.6 Å². The first kappa shape index (κ1) is 13.8. The smallest absolute Gasteiger partial charge is 0.259 e. The van der Waals surface area contributed by atoms with Gasteiger partial charge in [-0.1, -0.05) is 23.7 Å². The number of nitriles is 1. The number of hydrogen-bond acceptors (Lipinski definition) is 4. The lowest BCUT2D eigenvalue weighted by atomic mass is 10.1. The largest absolute Gasteiger partial charge is 0.384 e. The van der Waals surface area contributed by atoms with Gasteiger partial charge in [-0.25, -0.2) is 4.98 Å². The molecule has 0 saturated heterocycles. The molecule has 0 fully saturated rings. The number of hydrogen-bond donors (Lipinski definition) is 1. The number of amides is 1. The summed E-state index contributed by atoms with van der Waals surface area (Å²) in [6.45, 7) is 0. The number of carbonyl (C=O) groups is 1. The van der Waals surface area contributed by atoms with Gasteiger partial charge in [0.05, 0.1) is 21.8 Å². The Labute approximate surface area is 121 Å². The van der Waals surface area contributed by atoms with E-state index in [1.165, 1.54) is 17.2 Å². The summed E-state index contributed by atoms with van der Waals surface area (Å²) in [7, 11) is 1.57. The molecule has 20 heavy (non-hydrogen) atoms. The van der Waals surface area contributed by atoms with Crippen LogP contribution in [0.1, 0.15) is 15.9 Å². The molecule has 1 amide bonds. The molecule has 2 aromatic rings. The van der Waals surface area contributed by atoms with Crippen LogP contribution in [0.4, 0.5) is 11.5 Å². The van der Waals surface area contributed by atoms with Crippen LogP contribution in [-0.4, -0.2) is 17.9 Å². The number of nitrogens with two attached hydrogens (primary N) is 1. The fraction of sp³-hybridized carbons (Fsp3) is 0.0714. The lowest BCUT2D eigenvalue weighted by Crippen LogP contribution is -2.27. The minimum atomic E-state index is -0.355. The van der Waals surface area contributed by atoms with Crippen LogP contribution in [0.25, 0.3) is 0 Å². The van der Waals surface area contributed by atoms with Crippen LogP contribution in [0, 0.1) is 11.3 Å². The van der Waals surface area contributed by atoms with E-state index in [1.54, 1.807) is 31.3 Å². The maximum absolute atomic E-state index is 12.4. The SMILES string of the molecule is CN(C(=O)c1cc(N)ncc1Cl)c1ccccc1C#N. The van der Waals surface area contributed by atoms with Gasteiger partial charge in [0.25, 0.3) is 5.91 Å². The number of nitrogen functional groups attached to an aromatic ring is 1. The van der Waals surface area contributed by atoms with Crippen LogP contribution in [0.15, 0.2) is 36.5 Å². The molecule has 0 unspecified atom stereocenters. The highest BCUT2D eigenvalue weighted by molar-refractivity contribution is 6.34. The third kappa shape index (κ3) is 2.56. The lowest BCUT2D eigenvalue weighted by Gasteiger charge is -2.19. The van der Waals surface area contributed by atoms with Crippen molar-refractivity contribution in [1.29, 1.82) is 5.26 Å². The predicted octanol–water partition coefficient (Wildman–Crippen LogP) is 2.47. The summed E-state index contributed by atoms with van der Waals surface area (Å²) in [6.07, 6.45) is 1.33. The van der Waals surface area contributed by atoms with Gasteiger partial charge in [-0.05, 0) is 18.2 Å². The van der Waals surface area contributed by atoms with Crippen molar-refractivity contribution in [2.75, 3.05) is 17.7 Å². The zero-order valence-electron chi connectivity index (χ0n) is 10.7. The normalized spacial score (nSPS) is 9.85. The Kier molecular flexibility index (Phi) is 3.87. The Morgan fingerprint density at radius 2 is 2.15 bits per heavy atom. The van der Waals surface area contributed by atoms with Gasteiger partial charge in [0.1, 0.15) is 11.9 Å². The number of para-hydroxylation sites is 1. The van der Waals surface area contributed by atoms with Gasteiger partial charge in [0, 0.05) is 13.2 Å². The van der Waals surface area contributed by atoms with E-state index in [2.05, 4.69) is 4.98 Å². The van der Waals surface area contributed by atoms with E-state index < -0.39 is 0 Å². The number of halogens is 1. The van der Waals surface area contributed by atoms with Crippen molar-refractivity contribution in [3.63, 3.8) is 0 Å². The van der Waals surface area contributed by atoms with Crippen molar-refractivity contribution in [2.45, 2.75) is 0 Å². The Bertz CT molecular complexity index is 709. The fourth-order valence-electron chi connectivity index (χ4n) is 1.77. The van der Waals surface area contributed by atoms with Crippen molar-refractivity contribution < 1.29 is 4.79 Å². The molecule has 0 atom stereocenters. The highest BCUT2D eigenvalue weighted by Gasteiger charge is 2.19. The lowest BCUT2D eigenvalue weighted by molar-refractivity contribution is 0.0993. The molecule has 2 rings (SSSR count). The summed E-state index contributed by atoms with van der Waals surface area (Å²) >= 11 is 5.97. The second-order valence-electron chi connectivity index (χ2n) is 4.08. The van der Waals surface area contributed by atoms with Crippen LogP contribution >= 0.6 is 11.6 Å². The minimum Gasteiger partial charge on any atom is -0.384 e. The van der Waals surface area contributed by atoms with Gasteiger partial charge in [-0.3, -0.25) is 4.79 Å². The summed E-state index contributed by atoms with van der Waals surface area (Å²) in [6, 6.07) is 10.3. The zero-order valence-corrected chi connectivity index (χ0v) is 11.4. The highest BCUT2D eigenvalue weighted by Crippen LogP contribution is 2.23.